The van der Waals surface area contributed by atoms with E-state index in [2.05, 4.69) is 31.2 Å². The molecule has 0 saturated carbocycles. The van der Waals surface area contributed by atoms with Crippen molar-refractivity contribution in [1.29, 1.82) is 0 Å². The molecule has 1 unspecified atom stereocenters. The maximum atomic E-state index is 5.56. The van der Waals surface area contributed by atoms with Gasteiger partial charge in [0.1, 0.15) is 0 Å². The van der Waals surface area contributed by atoms with Crippen LogP contribution >= 0.6 is 0 Å². The number of aromatic nitrogens is 2. The zero-order chi connectivity index (χ0) is 12.0. The summed E-state index contributed by atoms with van der Waals surface area (Å²) in [5.74, 6) is 0.600. The molecule has 0 radical (unpaired) electrons. The highest BCUT2D eigenvalue weighted by Gasteiger charge is 2.03. The molecule has 1 N–H and O–H groups in total. The second-order valence-corrected chi connectivity index (χ2v) is 4.69. The molecule has 16 heavy (non-hydrogen) atoms. The lowest BCUT2D eigenvalue weighted by Crippen LogP contribution is -2.30. The third kappa shape index (κ3) is 5.28. The third-order valence-electron chi connectivity index (χ3n) is 2.22. The Kier molecular flexibility index (Phi) is 5.49. The van der Waals surface area contributed by atoms with E-state index in [0.717, 1.165) is 25.5 Å². The van der Waals surface area contributed by atoms with Gasteiger partial charge in [-0.2, -0.15) is 5.10 Å². The predicted molar refractivity (Wildman–Crippen MR) is 65.2 cm³/mol. The minimum absolute atomic E-state index is 0.362. The minimum atomic E-state index is 0.362. The van der Waals surface area contributed by atoms with Crippen molar-refractivity contribution in [3.05, 3.63) is 18.0 Å². The van der Waals surface area contributed by atoms with Gasteiger partial charge in [-0.15, -0.1) is 0 Å². The maximum absolute atomic E-state index is 5.56. The largest absolute Gasteiger partial charge is 0.380 e. The third-order valence-corrected chi connectivity index (χ3v) is 2.22. The Bertz CT molecular complexity index is 296. The van der Waals surface area contributed by atoms with Crippen molar-refractivity contribution in [2.75, 3.05) is 13.2 Å². The van der Waals surface area contributed by atoms with Crippen LogP contribution < -0.4 is 5.32 Å². The van der Waals surface area contributed by atoms with Crippen LogP contribution in [0.4, 0.5) is 0 Å². The first kappa shape index (κ1) is 13.2. The molecular weight excluding hydrogens is 202 g/mol. The molecule has 0 aliphatic carbocycles. The van der Waals surface area contributed by atoms with Crippen LogP contribution in [-0.4, -0.2) is 29.0 Å². The van der Waals surface area contributed by atoms with Gasteiger partial charge < -0.3 is 10.1 Å². The van der Waals surface area contributed by atoms with Crippen LogP contribution in [0.1, 0.15) is 26.5 Å². The molecule has 92 valence electrons. The van der Waals surface area contributed by atoms with Gasteiger partial charge in [-0.25, -0.2) is 0 Å². The normalized spacial score (nSPS) is 13.3. The number of ether oxygens (including phenoxy) is 1. The lowest BCUT2D eigenvalue weighted by molar-refractivity contribution is 0.0934. The van der Waals surface area contributed by atoms with Gasteiger partial charge >= 0.3 is 0 Å². The first-order valence-electron chi connectivity index (χ1n) is 5.87. The quantitative estimate of drug-likeness (QED) is 0.765. The summed E-state index contributed by atoms with van der Waals surface area (Å²) in [6.45, 7) is 8.83. The number of hydrogen-bond acceptors (Lipinski definition) is 3. The fourth-order valence-corrected chi connectivity index (χ4v) is 1.38. The van der Waals surface area contributed by atoms with Crippen LogP contribution in [0.2, 0.25) is 0 Å². The van der Waals surface area contributed by atoms with Crippen LogP contribution in [0, 0.1) is 5.92 Å². The maximum Gasteiger partial charge on any atom is 0.0762 e. The molecule has 0 spiro atoms. The molecule has 0 aliphatic rings. The summed E-state index contributed by atoms with van der Waals surface area (Å²) in [5, 5.41) is 7.69. The van der Waals surface area contributed by atoms with Crippen LogP contribution in [0.25, 0.3) is 0 Å². The van der Waals surface area contributed by atoms with Gasteiger partial charge in [0.25, 0.3) is 0 Å². The molecule has 1 aromatic rings. The van der Waals surface area contributed by atoms with Gasteiger partial charge in [-0.3, -0.25) is 4.68 Å². The fourth-order valence-electron chi connectivity index (χ4n) is 1.38. The molecule has 1 heterocycles. The average Bonchev–Trinajstić information content (AvgIpc) is 2.61. The van der Waals surface area contributed by atoms with Crippen LogP contribution in [0.15, 0.2) is 12.3 Å². The molecule has 0 bridgehead atoms. The van der Waals surface area contributed by atoms with Crippen molar-refractivity contribution in [3.63, 3.8) is 0 Å². The van der Waals surface area contributed by atoms with Gasteiger partial charge in [0.2, 0.25) is 0 Å². The highest BCUT2D eigenvalue weighted by molar-refractivity contribution is 4.98. The molecule has 1 aromatic heterocycles. The molecule has 4 heteroatoms. The highest BCUT2D eigenvalue weighted by atomic mass is 16.5. The van der Waals surface area contributed by atoms with Crippen LogP contribution in [-0.2, 0) is 18.3 Å². The van der Waals surface area contributed by atoms with E-state index in [-0.39, 0.29) is 0 Å². The number of hydrogen-bond donors (Lipinski definition) is 1. The van der Waals surface area contributed by atoms with E-state index in [0.29, 0.717) is 12.0 Å². The van der Waals surface area contributed by atoms with E-state index in [1.807, 2.05) is 24.0 Å². The lowest BCUT2D eigenvalue weighted by Gasteiger charge is -2.14. The van der Waals surface area contributed by atoms with E-state index in [4.69, 9.17) is 4.74 Å². The summed E-state index contributed by atoms with van der Waals surface area (Å²) >= 11 is 0. The Morgan fingerprint density at radius 1 is 1.38 bits per heavy atom. The second kappa shape index (κ2) is 6.66. The van der Waals surface area contributed by atoms with Crippen molar-refractivity contribution in [2.24, 2.45) is 13.0 Å². The molecule has 1 atom stereocenters. The van der Waals surface area contributed by atoms with Gasteiger partial charge in [0, 0.05) is 32.4 Å². The zero-order valence-corrected chi connectivity index (χ0v) is 10.7. The number of nitrogens with zero attached hydrogens (tertiary/aromatic N) is 2. The van der Waals surface area contributed by atoms with Crippen molar-refractivity contribution in [1.82, 2.24) is 15.1 Å². The van der Waals surface area contributed by atoms with E-state index >= 15 is 0 Å². The summed E-state index contributed by atoms with van der Waals surface area (Å²) in [4.78, 5) is 0. The average molecular weight is 225 g/mol. The molecular formula is C12H23N3O. The fraction of sp³-hybridized carbons (Fsp3) is 0.750. The topological polar surface area (TPSA) is 39.1 Å². The van der Waals surface area contributed by atoms with Gasteiger partial charge in [-0.1, -0.05) is 13.8 Å². The van der Waals surface area contributed by atoms with Gasteiger partial charge in [-0.05, 0) is 18.9 Å². The molecule has 4 nitrogen and oxygen atoms in total. The summed E-state index contributed by atoms with van der Waals surface area (Å²) in [5.41, 5.74) is 1.07. The number of nitrogens with one attached hydrogen (secondary N) is 1. The van der Waals surface area contributed by atoms with Gasteiger partial charge in [0.15, 0.2) is 0 Å². The van der Waals surface area contributed by atoms with E-state index in [1.54, 1.807) is 0 Å². The highest BCUT2D eigenvalue weighted by Crippen LogP contribution is 1.96. The summed E-state index contributed by atoms with van der Waals surface area (Å²) in [6.07, 6.45) is 1.96. The molecule has 1 rings (SSSR count). The Balaban J connectivity index is 2.12. The second-order valence-electron chi connectivity index (χ2n) is 4.69. The minimum Gasteiger partial charge on any atom is -0.380 e. The zero-order valence-electron chi connectivity index (χ0n) is 10.7. The summed E-state index contributed by atoms with van der Waals surface area (Å²) < 4.78 is 7.38. The summed E-state index contributed by atoms with van der Waals surface area (Å²) in [7, 11) is 1.93. The molecule has 0 saturated heterocycles. The molecule has 0 aliphatic heterocycles. The Labute approximate surface area is 98.0 Å². The van der Waals surface area contributed by atoms with Crippen molar-refractivity contribution in [2.45, 2.75) is 33.4 Å². The van der Waals surface area contributed by atoms with Crippen molar-refractivity contribution < 1.29 is 4.74 Å². The lowest BCUT2D eigenvalue weighted by atomic mass is 10.2. The van der Waals surface area contributed by atoms with Crippen LogP contribution in [0.3, 0.4) is 0 Å². The van der Waals surface area contributed by atoms with E-state index in [1.165, 1.54) is 0 Å². The first-order valence-corrected chi connectivity index (χ1v) is 5.87. The van der Waals surface area contributed by atoms with Crippen LogP contribution in [0.5, 0.6) is 0 Å². The number of aryl methyl sites for hydroxylation is 1. The van der Waals surface area contributed by atoms with E-state index < -0.39 is 0 Å². The van der Waals surface area contributed by atoms with Crippen molar-refractivity contribution in [3.8, 4) is 0 Å². The summed E-state index contributed by atoms with van der Waals surface area (Å²) in [6, 6.07) is 2.38. The van der Waals surface area contributed by atoms with Crippen molar-refractivity contribution >= 4 is 0 Å². The number of rotatable bonds is 7. The van der Waals surface area contributed by atoms with Gasteiger partial charge in [0.05, 0.1) is 12.3 Å². The Morgan fingerprint density at radius 3 is 2.69 bits per heavy atom. The smallest absolute Gasteiger partial charge is 0.0762 e. The van der Waals surface area contributed by atoms with E-state index in [9.17, 15) is 0 Å². The SMILES string of the molecule is CC(C)COCC(C)NCc1ccn(C)n1. The molecule has 0 fully saturated rings. The standard InChI is InChI=1S/C12H23N3O/c1-10(2)8-16-9-11(3)13-7-12-5-6-15(4)14-12/h5-6,10-11,13H,7-9H2,1-4H3. The molecule has 0 amide bonds. The Hall–Kier alpha value is -0.870. The monoisotopic (exact) mass is 225 g/mol. The molecule has 0 aromatic carbocycles. The first-order chi connectivity index (χ1) is 7.58. The predicted octanol–water partition coefficient (Wildman–Crippen LogP) is 1.57. The Morgan fingerprint density at radius 2 is 2.12 bits per heavy atom.